The normalized spacial score (nSPS) is 12.3. The first-order valence-corrected chi connectivity index (χ1v) is 5.24. The van der Waals surface area contributed by atoms with E-state index in [0.717, 1.165) is 6.20 Å². The van der Waals surface area contributed by atoms with Crippen molar-refractivity contribution in [3.8, 4) is 5.88 Å². The number of ether oxygens (including phenoxy) is 2. The highest BCUT2D eigenvalue weighted by molar-refractivity contribution is 5.85. The molecular formula is C11H15ClF2N2O3. The van der Waals surface area contributed by atoms with Gasteiger partial charge in [0.05, 0.1) is 13.7 Å². The fraction of sp³-hybridized carbons (Fsp3) is 0.455. The van der Waals surface area contributed by atoms with Crippen LogP contribution in [0.4, 0.5) is 8.78 Å². The van der Waals surface area contributed by atoms with E-state index in [1.807, 2.05) is 0 Å². The molecule has 0 fully saturated rings. The number of hydrogen-bond acceptors (Lipinski definition) is 5. The fourth-order valence-electron chi connectivity index (χ4n) is 1.26. The summed E-state index contributed by atoms with van der Waals surface area (Å²) in [6, 6.07) is 0.898. The smallest absolute Gasteiger partial charge is 0.379 e. The van der Waals surface area contributed by atoms with Crippen LogP contribution in [0.15, 0.2) is 18.3 Å². The van der Waals surface area contributed by atoms with Gasteiger partial charge in [-0.2, -0.15) is 8.78 Å². The van der Waals surface area contributed by atoms with Gasteiger partial charge in [-0.1, -0.05) is 6.07 Å². The van der Waals surface area contributed by atoms with Gasteiger partial charge in [0.1, 0.15) is 6.04 Å². The van der Waals surface area contributed by atoms with Crippen molar-refractivity contribution in [3.63, 3.8) is 0 Å². The molecule has 0 spiro atoms. The number of rotatable bonds is 5. The molecule has 0 saturated carbocycles. The molecule has 0 amide bonds. The van der Waals surface area contributed by atoms with Crippen molar-refractivity contribution in [2.75, 3.05) is 13.7 Å². The molecule has 0 unspecified atom stereocenters. The highest BCUT2D eigenvalue weighted by atomic mass is 35.5. The van der Waals surface area contributed by atoms with E-state index in [0.29, 0.717) is 0 Å². The van der Waals surface area contributed by atoms with Gasteiger partial charge >= 0.3 is 11.9 Å². The second kappa shape index (κ2) is 7.20. The SMILES string of the molecule is CCOC(=O)C(F)(F)[C@H](N)c1ccc(OC)nc1.Cl. The number of nitrogens with two attached hydrogens (primary N) is 1. The maximum absolute atomic E-state index is 13.6. The van der Waals surface area contributed by atoms with E-state index in [1.165, 1.54) is 26.2 Å². The molecule has 1 heterocycles. The Kier molecular flexibility index (Phi) is 6.64. The summed E-state index contributed by atoms with van der Waals surface area (Å²) in [5.41, 5.74) is 5.39. The van der Waals surface area contributed by atoms with Crippen molar-refractivity contribution >= 4 is 18.4 Å². The van der Waals surface area contributed by atoms with Gasteiger partial charge in [-0.05, 0) is 12.5 Å². The molecule has 0 aliphatic carbocycles. The van der Waals surface area contributed by atoms with Gasteiger partial charge < -0.3 is 15.2 Å². The molecule has 0 saturated heterocycles. The summed E-state index contributed by atoms with van der Waals surface area (Å²) in [5, 5.41) is 0. The lowest BCUT2D eigenvalue weighted by atomic mass is 10.0. The van der Waals surface area contributed by atoms with Crippen molar-refractivity contribution < 1.29 is 23.0 Å². The monoisotopic (exact) mass is 296 g/mol. The Labute approximate surface area is 115 Å². The fourth-order valence-corrected chi connectivity index (χ4v) is 1.26. The first kappa shape index (κ1) is 17.5. The van der Waals surface area contributed by atoms with E-state index in [9.17, 15) is 13.6 Å². The minimum Gasteiger partial charge on any atom is -0.481 e. The lowest BCUT2D eigenvalue weighted by molar-refractivity contribution is -0.174. The Morgan fingerprint density at radius 1 is 1.53 bits per heavy atom. The Hall–Kier alpha value is -1.47. The number of halogens is 3. The van der Waals surface area contributed by atoms with Gasteiger partial charge in [0, 0.05) is 12.3 Å². The van der Waals surface area contributed by atoms with Crippen LogP contribution in [-0.4, -0.2) is 30.6 Å². The van der Waals surface area contributed by atoms with E-state index < -0.39 is 17.9 Å². The van der Waals surface area contributed by atoms with Crippen molar-refractivity contribution in [2.24, 2.45) is 5.73 Å². The number of aromatic nitrogens is 1. The molecule has 0 aliphatic rings. The predicted molar refractivity (Wildman–Crippen MR) is 66.5 cm³/mol. The summed E-state index contributed by atoms with van der Waals surface area (Å²) < 4.78 is 36.3. The van der Waals surface area contributed by atoms with E-state index in [1.54, 1.807) is 0 Å². The van der Waals surface area contributed by atoms with Crippen LogP contribution in [0.2, 0.25) is 0 Å². The maximum Gasteiger partial charge on any atom is 0.379 e. The number of carbonyl (C=O) groups excluding carboxylic acids is 1. The van der Waals surface area contributed by atoms with Gasteiger partial charge in [0.15, 0.2) is 0 Å². The molecule has 1 aromatic heterocycles. The van der Waals surface area contributed by atoms with Crippen LogP contribution in [0.1, 0.15) is 18.5 Å². The number of esters is 1. The Balaban J connectivity index is 0.00000324. The van der Waals surface area contributed by atoms with Crippen LogP contribution in [0.3, 0.4) is 0 Å². The van der Waals surface area contributed by atoms with Crippen LogP contribution >= 0.6 is 12.4 Å². The molecule has 19 heavy (non-hydrogen) atoms. The van der Waals surface area contributed by atoms with Gasteiger partial charge in [-0.3, -0.25) is 0 Å². The zero-order valence-corrected chi connectivity index (χ0v) is 11.2. The van der Waals surface area contributed by atoms with Crippen molar-refractivity contribution in [1.82, 2.24) is 4.98 Å². The topological polar surface area (TPSA) is 74.4 Å². The zero-order valence-electron chi connectivity index (χ0n) is 10.4. The summed E-state index contributed by atoms with van der Waals surface area (Å²) in [6.45, 7) is 1.30. The van der Waals surface area contributed by atoms with E-state index >= 15 is 0 Å². The molecular weight excluding hydrogens is 282 g/mol. The third-order valence-electron chi connectivity index (χ3n) is 2.27. The largest absolute Gasteiger partial charge is 0.481 e. The highest BCUT2D eigenvalue weighted by Gasteiger charge is 2.47. The maximum atomic E-state index is 13.6. The summed E-state index contributed by atoms with van der Waals surface area (Å²) in [6.07, 6.45) is 1.14. The molecule has 1 atom stereocenters. The number of nitrogens with zero attached hydrogens (tertiary/aromatic N) is 1. The van der Waals surface area contributed by atoms with Crippen LogP contribution in [0, 0.1) is 0 Å². The Morgan fingerprint density at radius 3 is 2.58 bits per heavy atom. The number of methoxy groups -OCH3 is 1. The second-order valence-corrected chi connectivity index (χ2v) is 3.46. The average molecular weight is 297 g/mol. The summed E-state index contributed by atoms with van der Waals surface area (Å²) in [7, 11) is 1.40. The van der Waals surface area contributed by atoms with Crippen LogP contribution in [0.25, 0.3) is 0 Å². The van der Waals surface area contributed by atoms with Crippen LogP contribution < -0.4 is 10.5 Å². The number of pyridine rings is 1. The van der Waals surface area contributed by atoms with E-state index in [2.05, 4.69) is 9.72 Å². The van der Waals surface area contributed by atoms with E-state index in [-0.39, 0.29) is 30.5 Å². The first-order valence-electron chi connectivity index (χ1n) is 5.24. The van der Waals surface area contributed by atoms with E-state index in [4.69, 9.17) is 10.5 Å². The molecule has 2 N–H and O–H groups in total. The average Bonchev–Trinajstić information content (AvgIpc) is 2.38. The number of carbonyl (C=O) groups is 1. The van der Waals surface area contributed by atoms with Gasteiger partial charge in [-0.15, -0.1) is 12.4 Å². The van der Waals surface area contributed by atoms with Gasteiger partial charge in [0.25, 0.3) is 0 Å². The lowest BCUT2D eigenvalue weighted by Gasteiger charge is -2.21. The molecule has 0 aliphatic heterocycles. The minimum atomic E-state index is -3.80. The molecule has 0 radical (unpaired) electrons. The third-order valence-corrected chi connectivity index (χ3v) is 2.27. The highest BCUT2D eigenvalue weighted by Crippen LogP contribution is 2.30. The third kappa shape index (κ3) is 4.00. The minimum absolute atomic E-state index is 0. The summed E-state index contributed by atoms with van der Waals surface area (Å²) in [4.78, 5) is 14.9. The molecule has 0 aromatic carbocycles. The molecule has 5 nitrogen and oxygen atoms in total. The van der Waals surface area contributed by atoms with Crippen molar-refractivity contribution in [2.45, 2.75) is 18.9 Å². The number of alkyl halides is 2. The first-order chi connectivity index (χ1) is 8.43. The summed E-state index contributed by atoms with van der Waals surface area (Å²) >= 11 is 0. The molecule has 1 rings (SSSR count). The quantitative estimate of drug-likeness (QED) is 0.837. The van der Waals surface area contributed by atoms with Crippen molar-refractivity contribution in [3.05, 3.63) is 23.9 Å². The standard InChI is InChI=1S/C11H14F2N2O3.ClH/c1-3-18-10(16)11(12,13)9(14)7-4-5-8(17-2)15-6-7;/h4-6,9H,3,14H2,1-2H3;1H/t9-;/m1./s1. The van der Waals surface area contributed by atoms with Gasteiger partial charge in [0.2, 0.25) is 5.88 Å². The summed E-state index contributed by atoms with van der Waals surface area (Å²) in [5.74, 6) is -5.18. The van der Waals surface area contributed by atoms with Crippen molar-refractivity contribution in [1.29, 1.82) is 0 Å². The predicted octanol–water partition coefficient (Wildman–Crippen LogP) is 1.71. The number of hydrogen-bond donors (Lipinski definition) is 1. The van der Waals surface area contributed by atoms with Crippen LogP contribution in [0.5, 0.6) is 5.88 Å². The zero-order chi connectivity index (χ0) is 13.8. The molecule has 0 bridgehead atoms. The molecule has 108 valence electrons. The Bertz CT molecular complexity index is 415. The van der Waals surface area contributed by atoms with Gasteiger partial charge in [-0.25, -0.2) is 9.78 Å². The van der Waals surface area contributed by atoms with Crippen LogP contribution in [-0.2, 0) is 9.53 Å². The Morgan fingerprint density at radius 2 is 2.16 bits per heavy atom. The second-order valence-electron chi connectivity index (χ2n) is 3.46. The lowest BCUT2D eigenvalue weighted by Crippen LogP contribution is -2.41. The molecule has 1 aromatic rings. The molecule has 8 heteroatoms.